The van der Waals surface area contributed by atoms with Crippen LogP contribution in [0.3, 0.4) is 0 Å². The van der Waals surface area contributed by atoms with E-state index in [1.54, 1.807) is 6.58 Å². The van der Waals surface area contributed by atoms with Gasteiger partial charge in [0.15, 0.2) is 0 Å². The summed E-state index contributed by atoms with van der Waals surface area (Å²) in [5, 5.41) is 0. The molecule has 436 valence electrons. The number of carbonyl (C=O) groups excluding carboxylic acids is 1. The van der Waals surface area contributed by atoms with E-state index in [4.69, 9.17) is 0 Å². The minimum atomic E-state index is -10.8. The highest BCUT2D eigenvalue weighted by Crippen LogP contribution is 2.72. The van der Waals surface area contributed by atoms with Crippen molar-refractivity contribution in [2.24, 2.45) is 0 Å². The average molecular weight is 1200 g/mol. The molecule has 0 aliphatic carbocycles. The zero-order chi connectivity index (χ0) is 60.9. The Bertz CT molecular complexity index is 2040. The zero-order valence-electron chi connectivity index (χ0n) is 31.5. The van der Waals surface area contributed by atoms with E-state index in [1.165, 1.54) is 4.74 Å². The molecule has 0 aromatic heterocycles. The lowest BCUT2D eigenvalue weighted by Crippen LogP contribution is -2.82. The minimum absolute atomic E-state index is 0.668. The molecule has 0 heterocycles. The third-order valence-electron chi connectivity index (χ3n) is 8.87. The molecule has 1 atom stereocenters. The lowest BCUT2D eigenvalue weighted by Gasteiger charge is -2.49. The van der Waals surface area contributed by atoms with Gasteiger partial charge in [0.1, 0.15) is 0 Å². The number of carbonyl (C=O) groups is 1. The summed E-state index contributed by atoms with van der Waals surface area (Å²) in [5.41, 5.74) is -12.4. The Hall–Kier alpha value is -3.94. The first-order valence-electron chi connectivity index (χ1n) is 15.5. The molecule has 1 unspecified atom stereocenters. The SMILES string of the molecule is C=C(C)C(=O)OC(F)(C(F)(F)C(F)(F)C(F)(F)C(F)(F)C(F)(F)C(F)(F)C(F)(F)C(F)(F)C(F)(F)F)C(F)(F)C(F)(F)C(F)(F)C(F)(F)C(F)(F)C(F)(F)C(F)(F)C(F)(F)C(F)(F)C(F)(C(F)(F)F)C(F)(F)F. The van der Waals surface area contributed by atoms with E-state index in [9.17, 15) is 198 Å². The van der Waals surface area contributed by atoms with Crippen molar-refractivity contribution < 1.29 is 207 Å². The number of halogens is 45. The monoisotopic (exact) mass is 1200 g/mol. The first kappa shape index (κ1) is 69.1. The molecule has 0 aliphatic rings. The molecule has 47 heteroatoms. The molecule has 0 saturated heterocycles. The molecule has 0 saturated carbocycles. The van der Waals surface area contributed by atoms with E-state index in [1.807, 2.05) is 0 Å². The third-order valence-corrected chi connectivity index (χ3v) is 8.87. The van der Waals surface area contributed by atoms with Gasteiger partial charge in [0.2, 0.25) is 0 Å². The fourth-order valence-electron chi connectivity index (χ4n) is 4.42. The van der Waals surface area contributed by atoms with Crippen molar-refractivity contribution in [3.63, 3.8) is 0 Å². The number of alkyl halides is 45. The van der Waals surface area contributed by atoms with E-state index < -0.39 is 149 Å². The highest BCUT2D eigenvalue weighted by Gasteiger charge is 3.04. The van der Waals surface area contributed by atoms with Gasteiger partial charge in [-0.2, -0.15) is 193 Å². The van der Waals surface area contributed by atoms with Gasteiger partial charge in [-0.05, 0) is 6.92 Å². The summed E-state index contributed by atoms with van der Waals surface area (Å²) in [6.07, 6.45) is -26.8. The second kappa shape index (κ2) is 16.8. The standard InChI is InChI=1S/C26H5F45O2/c1-3(2)4(72)73-23(62,21(58,59)18(52,53)15(46,47)12(40,41)13(42,43)16(48,49)19(54,55)22(60,61)26(69,70)71)20(56,57)17(50,51)14(44,45)11(38,39)10(36,37)9(34,35)8(32,33)7(30,31)6(28,29)5(27,24(63,64)65)25(66,67)68/h1H2,2H3. The van der Waals surface area contributed by atoms with Gasteiger partial charge < -0.3 is 4.74 Å². The Labute approximate surface area is 364 Å². The van der Waals surface area contributed by atoms with Gasteiger partial charge in [0.25, 0.3) is 0 Å². The molecule has 0 N–H and O–H groups in total. The third kappa shape index (κ3) is 7.89. The molecule has 0 rings (SSSR count). The Morgan fingerprint density at radius 3 is 0.548 bits per heavy atom. The number of esters is 1. The molecule has 0 aromatic carbocycles. The Morgan fingerprint density at radius 1 is 0.247 bits per heavy atom. The summed E-state index contributed by atoms with van der Waals surface area (Å²) in [4.78, 5) is 11.5. The summed E-state index contributed by atoms with van der Waals surface area (Å²) in [7, 11) is 0. The van der Waals surface area contributed by atoms with Crippen molar-refractivity contribution in [2.75, 3.05) is 0 Å². The van der Waals surface area contributed by atoms with Crippen molar-refractivity contribution in [3.8, 4) is 0 Å². The molecule has 2 nitrogen and oxygen atoms in total. The van der Waals surface area contributed by atoms with Crippen LogP contribution in [0.2, 0.25) is 0 Å². The van der Waals surface area contributed by atoms with Crippen LogP contribution in [0.4, 0.5) is 198 Å². The summed E-state index contributed by atoms with van der Waals surface area (Å²) in [6, 6.07) is 0. The van der Waals surface area contributed by atoms with E-state index in [0.29, 0.717) is 0 Å². The van der Waals surface area contributed by atoms with Crippen molar-refractivity contribution in [3.05, 3.63) is 12.2 Å². The van der Waals surface area contributed by atoms with Crippen LogP contribution in [0.1, 0.15) is 6.92 Å². The van der Waals surface area contributed by atoms with Gasteiger partial charge in [-0.15, -0.1) is 0 Å². The van der Waals surface area contributed by atoms with Gasteiger partial charge in [0.05, 0.1) is 0 Å². The highest BCUT2D eigenvalue weighted by molar-refractivity contribution is 5.87. The second-order valence-corrected chi connectivity index (χ2v) is 13.7. The van der Waals surface area contributed by atoms with Crippen LogP contribution >= 0.6 is 0 Å². The molecule has 0 bridgehead atoms. The molecular weight excluding hydrogens is 1200 g/mol. The lowest BCUT2D eigenvalue weighted by atomic mass is 9.80. The summed E-state index contributed by atoms with van der Waals surface area (Å²) < 4.78 is 624. The van der Waals surface area contributed by atoms with Crippen LogP contribution in [-0.2, 0) is 9.53 Å². The largest absolute Gasteiger partial charge is 0.460 e. The fourth-order valence-corrected chi connectivity index (χ4v) is 4.42. The molecular formula is C26H5F45O2. The maximum absolute atomic E-state index is 15.5. The average Bonchev–Trinajstić information content (AvgIpc) is 3.14. The molecule has 73 heavy (non-hydrogen) atoms. The fraction of sp³-hybridized carbons (Fsp3) is 0.885. The predicted octanol–water partition coefficient (Wildman–Crippen LogP) is 15.0. The van der Waals surface area contributed by atoms with Crippen LogP contribution < -0.4 is 0 Å². The maximum Gasteiger partial charge on any atom is 0.460 e. The molecule has 0 spiro atoms. The van der Waals surface area contributed by atoms with Gasteiger partial charge in [-0.3, -0.25) is 0 Å². The first-order chi connectivity index (χ1) is 30.6. The Morgan fingerprint density at radius 2 is 0.397 bits per heavy atom. The van der Waals surface area contributed by atoms with Gasteiger partial charge in [-0.1, -0.05) is 6.58 Å². The van der Waals surface area contributed by atoms with Crippen LogP contribution in [0.15, 0.2) is 12.2 Å². The number of hydrogen-bond donors (Lipinski definition) is 0. The van der Waals surface area contributed by atoms with Crippen LogP contribution in [0.25, 0.3) is 0 Å². The molecule has 0 fully saturated rings. The van der Waals surface area contributed by atoms with E-state index in [0.717, 1.165) is 0 Å². The zero-order valence-corrected chi connectivity index (χ0v) is 31.5. The van der Waals surface area contributed by atoms with Gasteiger partial charge >= 0.3 is 137 Å². The second-order valence-electron chi connectivity index (χ2n) is 13.7. The number of ether oxygens (including phenoxy) is 1. The molecule has 0 aliphatic heterocycles. The number of hydrogen-bond acceptors (Lipinski definition) is 2. The topological polar surface area (TPSA) is 26.3 Å². The maximum atomic E-state index is 15.5. The van der Waals surface area contributed by atoms with Crippen LogP contribution in [0, 0.1) is 0 Å². The van der Waals surface area contributed by atoms with E-state index >= 15 is 4.39 Å². The van der Waals surface area contributed by atoms with Crippen LogP contribution in [-0.4, -0.2) is 137 Å². The minimum Gasteiger partial charge on any atom is -0.413 e. The van der Waals surface area contributed by atoms with Crippen molar-refractivity contribution in [1.82, 2.24) is 0 Å². The smallest absolute Gasteiger partial charge is 0.413 e. The predicted molar refractivity (Wildman–Crippen MR) is 131 cm³/mol. The Kier molecular flexibility index (Phi) is 15.9. The van der Waals surface area contributed by atoms with Gasteiger partial charge in [0, 0.05) is 5.57 Å². The van der Waals surface area contributed by atoms with E-state index in [2.05, 4.69) is 0 Å². The molecule has 0 aromatic rings. The summed E-state index contributed by atoms with van der Waals surface area (Å²) in [5.74, 6) is -191. The highest BCUT2D eigenvalue weighted by atomic mass is 19.5. The Balaban J connectivity index is 8.75. The van der Waals surface area contributed by atoms with Crippen LogP contribution in [0.5, 0.6) is 0 Å². The van der Waals surface area contributed by atoms with Gasteiger partial charge in [-0.25, -0.2) is 9.18 Å². The van der Waals surface area contributed by atoms with Crippen molar-refractivity contribution >= 4 is 5.97 Å². The molecule has 0 radical (unpaired) electrons. The summed E-state index contributed by atoms with van der Waals surface area (Å²) >= 11 is 0. The summed E-state index contributed by atoms with van der Waals surface area (Å²) in [6.45, 7) is 1.06. The quantitative estimate of drug-likeness (QED) is 0.0690. The van der Waals surface area contributed by atoms with Crippen molar-refractivity contribution in [1.29, 1.82) is 0 Å². The first-order valence-corrected chi connectivity index (χ1v) is 15.5. The lowest BCUT2D eigenvalue weighted by molar-refractivity contribution is -0.504. The van der Waals surface area contributed by atoms with E-state index in [-0.39, 0.29) is 0 Å². The molecule has 0 amide bonds. The number of rotatable bonds is 20. The van der Waals surface area contributed by atoms with Crippen molar-refractivity contribution in [2.45, 2.75) is 138 Å². The normalized spacial score (nSPS) is 17.7.